The summed E-state index contributed by atoms with van der Waals surface area (Å²) in [4.78, 5) is 12.7. The molecule has 2 aliphatic rings. The van der Waals surface area contributed by atoms with Gasteiger partial charge < -0.3 is 15.8 Å². The van der Waals surface area contributed by atoms with Crippen LogP contribution in [0.15, 0.2) is 24.4 Å². The lowest BCUT2D eigenvalue weighted by Crippen LogP contribution is -2.35. The number of carbonyl (C=O) groups excluding carboxylic acids is 1. The van der Waals surface area contributed by atoms with E-state index in [1.165, 1.54) is 11.3 Å². The average molecular weight is 448 g/mol. The Morgan fingerprint density at radius 3 is 2.77 bits per heavy atom. The Kier molecular flexibility index (Phi) is 4.98. The van der Waals surface area contributed by atoms with Crippen LogP contribution in [0.5, 0.6) is 5.06 Å². The first-order valence-electron chi connectivity index (χ1n) is 9.92. The number of benzene rings is 1. The summed E-state index contributed by atoms with van der Waals surface area (Å²) in [5.41, 5.74) is 8.28. The molecule has 162 valence electrons. The zero-order valence-corrected chi connectivity index (χ0v) is 17.1. The number of thiophene rings is 1. The molecule has 10 heteroatoms. The van der Waals surface area contributed by atoms with Gasteiger partial charge in [-0.15, -0.1) is 0 Å². The third kappa shape index (κ3) is 3.30. The van der Waals surface area contributed by atoms with Crippen molar-refractivity contribution in [3.63, 3.8) is 0 Å². The summed E-state index contributed by atoms with van der Waals surface area (Å²) in [6, 6.07) is 3.92. The van der Waals surface area contributed by atoms with E-state index in [0.29, 0.717) is 53.7 Å². The lowest BCUT2D eigenvalue weighted by molar-refractivity contribution is 0.100. The van der Waals surface area contributed by atoms with Crippen molar-refractivity contribution in [1.82, 2.24) is 15.1 Å². The Bertz CT molecular complexity index is 1150. The van der Waals surface area contributed by atoms with Gasteiger partial charge in [0.25, 0.3) is 5.91 Å². The predicted octanol–water partition coefficient (Wildman–Crippen LogP) is 3.38. The molecule has 2 atom stereocenters. The molecule has 1 saturated heterocycles. The first-order valence-corrected chi connectivity index (χ1v) is 10.7. The fraction of sp³-hybridized carbons (Fsp3) is 0.333. The van der Waals surface area contributed by atoms with E-state index in [1.54, 1.807) is 10.9 Å². The van der Waals surface area contributed by atoms with Gasteiger partial charge in [0.15, 0.2) is 22.5 Å². The highest BCUT2D eigenvalue weighted by Gasteiger charge is 2.37. The molecule has 3 N–H and O–H groups in total. The second-order valence-corrected chi connectivity index (χ2v) is 8.65. The van der Waals surface area contributed by atoms with E-state index in [9.17, 15) is 18.0 Å². The average Bonchev–Trinajstić information content (AvgIpc) is 3.32. The number of nitrogens with zero attached hydrogens (tertiary/aromatic N) is 2. The number of carbonyl (C=O) groups is 1. The molecule has 2 aromatic heterocycles. The van der Waals surface area contributed by atoms with Crippen LogP contribution in [-0.2, 0) is 6.54 Å². The van der Waals surface area contributed by atoms with Crippen LogP contribution in [0.4, 0.5) is 13.2 Å². The summed E-state index contributed by atoms with van der Waals surface area (Å²) in [7, 11) is 0. The molecule has 0 bridgehead atoms. The quantitative estimate of drug-likeness (QED) is 0.602. The smallest absolute Gasteiger partial charge is 0.259 e. The molecule has 1 aromatic carbocycles. The number of piperidine rings is 1. The van der Waals surface area contributed by atoms with Crippen molar-refractivity contribution in [2.45, 2.75) is 24.8 Å². The molecule has 5 rings (SSSR count). The second-order valence-electron chi connectivity index (χ2n) is 7.66. The van der Waals surface area contributed by atoms with Crippen molar-refractivity contribution >= 4 is 17.2 Å². The van der Waals surface area contributed by atoms with Crippen LogP contribution < -0.4 is 15.8 Å². The highest BCUT2D eigenvalue weighted by Crippen LogP contribution is 2.51. The van der Waals surface area contributed by atoms with Crippen LogP contribution in [0, 0.1) is 17.5 Å². The molecular weight excluding hydrogens is 429 g/mol. The summed E-state index contributed by atoms with van der Waals surface area (Å²) in [6.45, 7) is 2.02. The van der Waals surface area contributed by atoms with Gasteiger partial charge in [-0.05, 0) is 48.2 Å². The minimum atomic E-state index is -1.49. The molecule has 3 aromatic rings. The highest BCUT2D eigenvalue weighted by atomic mass is 32.1. The fourth-order valence-corrected chi connectivity index (χ4v) is 5.71. The molecule has 31 heavy (non-hydrogen) atoms. The maximum absolute atomic E-state index is 14.0. The van der Waals surface area contributed by atoms with Gasteiger partial charge >= 0.3 is 0 Å². The number of nitrogens with one attached hydrogen (secondary N) is 1. The van der Waals surface area contributed by atoms with E-state index < -0.39 is 23.4 Å². The minimum Gasteiger partial charge on any atom is -0.481 e. The monoisotopic (exact) mass is 448 g/mol. The number of ether oxygens (including phenoxy) is 1. The summed E-state index contributed by atoms with van der Waals surface area (Å²) in [5, 5.41) is 8.21. The Labute approximate surface area is 179 Å². The number of hydrogen-bond acceptors (Lipinski definition) is 5. The molecule has 0 radical (unpaired) electrons. The number of halogens is 3. The van der Waals surface area contributed by atoms with Gasteiger partial charge in [0.05, 0.1) is 22.7 Å². The summed E-state index contributed by atoms with van der Waals surface area (Å²) in [5.74, 6) is -5.22. The van der Waals surface area contributed by atoms with Gasteiger partial charge in [-0.25, -0.2) is 13.2 Å². The van der Waals surface area contributed by atoms with Crippen molar-refractivity contribution < 1.29 is 22.7 Å². The highest BCUT2D eigenvalue weighted by molar-refractivity contribution is 7.16. The minimum absolute atomic E-state index is 0.328. The van der Waals surface area contributed by atoms with E-state index in [0.717, 1.165) is 23.4 Å². The number of nitrogens with two attached hydrogens (primary N) is 1. The molecule has 0 spiro atoms. The number of rotatable bonds is 3. The van der Waals surface area contributed by atoms with Crippen molar-refractivity contribution in [3.8, 4) is 16.3 Å². The molecule has 1 fully saturated rings. The summed E-state index contributed by atoms with van der Waals surface area (Å²) >= 11 is 1.18. The van der Waals surface area contributed by atoms with Crippen LogP contribution >= 0.6 is 11.3 Å². The Hall–Kier alpha value is -2.85. The summed E-state index contributed by atoms with van der Waals surface area (Å²) < 4.78 is 49.3. The third-order valence-corrected chi connectivity index (χ3v) is 7.07. The van der Waals surface area contributed by atoms with Gasteiger partial charge in [0.2, 0.25) is 0 Å². The van der Waals surface area contributed by atoms with E-state index in [4.69, 9.17) is 10.5 Å². The number of hydrogen-bond donors (Lipinski definition) is 2. The maximum Gasteiger partial charge on any atom is 0.259 e. The van der Waals surface area contributed by atoms with E-state index in [1.807, 2.05) is 6.07 Å². The SMILES string of the molecule is NC(=O)c1sc2c(c1[C@H]1CNCC[C@@H]1c1cc(F)c(F)c(F)c1)-c1ccnn1CCO2. The number of amides is 1. The van der Waals surface area contributed by atoms with Crippen molar-refractivity contribution in [1.29, 1.82) is 0 Å². The number of primary amides is 1. The van der Waals surface area contributed by atoms with Crippen LogP contribution in [0.25, 0.3) is 11.3 Å². The topological polar surface area (TPSA) is 82.2 Å². The lowest BCUT2D eigenvalue weighted by Gasteiger charge is -2.33. The molecule has 0 unspecified atom stereocenters. The molecular formula is C21H19F3N4O2S. The fourth-order valence-electron chi connectivity index (χ4n) is 4.60. The molecule has 4 heterocycles. The first-order chi connectivity index (χ1) is 15.0. The Balaban J connectivity index is 1.71. The third-order valence-electron chi connectivity index (χ3n) is 5.93. The van der Waals surface area contributed by atoms with E-state index in [2.05, 4.69) is 10.4 Å². The molecule has 1 amide bonds. The van der Waals surface area contributed by atoms with Crippen LogP contribution in [0.3, 0.4) is 0 Å². The first kappa shape index (κ1) is 20.1. The summed E-state index contributed by atoms with van der Waals surface area (Å²) in [6.07, 6.45) is 2.23. The normalized spacial score (nSPS) is 20.5. The zero-order valence-electron chi connectivity index (χ0n) is 16.3. The van der Waals surface area contributed by atoms with Crippen LogP contribution in [-0.4, -0.2) is 35.4 Å². The van der Waals surface area contributed by atoms with Crippen LogP contribution in [0.2, 0.25) is 0 Å². The maximum atomic E-state index is 14.0. The van der Waals surface area contributed by atoms with E-state index in [-0.39, 0.29) is 11.8 Å². The molecule has 0 saturated carbocycles. The number of aromatic nitrogens is 2. The van der Waals surface area contributed by atoms with Gasteiger partial charge in [-0.3, -0.25) is 9.48 Å². The van der Waals surface area contributed by atoms with Crippen molar-refractivity contribution in [2.75, 3.05) is 19.7 Å². The van der Waals surface area contributed by atoms with Crippen LogP contribution in [0.1, 0.15) is 39.1 Å². The molecule has 6 nitrogen and oxygen atoms in total. The Morgan fingerprint density at radius 1 is 1.26 bits per heavy atom. The van der Waals surface area contributed by atoms with Gasteiger partial charge in [-0.2, -0.15) is 5.10 Å². The van der Waals surface area contributed by atoms with Gasteiger partial charge in [-0.1, -0.05) is 11.3 Å². The van der Waals surface area contributed by atoms with Gasteiger partial charge in [0, 0.05) is 18.7 Å². The molecule has 2 aliphatic heterocycles. The standard InChI is InChI=1S/C21H19F3N4O2S/c22-13-7-10(8-14(23)18(13)24)11-1-3-26-9-12(11)16-17-15-2-4-27-28(15)5-6-30-21(17)31-19(16)20(25)29/h2,4,7-8,11-12,26H,1,3,5-6,9H2,(H2,25,29)/t11-,12+/m1/s1. The van der Waals surface area contributed by atoms with Gasteiger partial charge in [0.1, 0.15) is 6.61 Å². The predicted molar refractivity (Wildman–Crippen MR) is 109 cm³/mol. The largest absolute Gasteiger partial charge is 0.481 e. The van der Waals surface area contributed by atoms with Crippen molar-refractivity contribution in [2.24, 2.45) is 5.73 Å². The second kappa shape index (κ2) is 7.69. The Morgan fingerprint density at radius 2 is 2.03 bits per heavy atom. The molecule has 0 aliphatic carbocycles. The van der Waals surface area contributed by atoms with E-state index >= 15 is 0 Å². The lowest BCUT2D eigenvalue weighted by atomic mass is 9.75. The number of fused-ring (bicyclic) bond motifs is 3. The van der Waals surface area contributed by atoms with Crippen molar-refractivity contribution in [3.05, 3.63) is 57.9 Å². The zero-order chi connectivity index (χ0) is 21.7.